The topological polar surface area (TPSA) is 165 Å². The second kappa shape index (κ2) is 6.38. The van der Waals surface area contributed by atoms with Crippen LogP contribution in [0.15, 0.2) is 0 Å². The van der Waals surface area contributed by atoms with E-state index in [1.165, 1.54) is 0 Å². The Labute approximate surface area is 90.2 Å². The van der Waals surface area contributed by atoms with E-state index in [1.54, 1.807) is 0 Å². The van der Waals surface area contributed by atoms with E-state index in [0.717, 1.165) is 0 Å². The van der Waals surface area contributed by atoms with Gasteiger partial charge in [-0.15, -0.1) is 0 Å². The molecule has 96 valence electrons. The van der Waals surface area contributed by atoms with E-state index in [0.29, 0.717) is 0 Å². The molecule has 10 heteroatoms. The molecule has 0 aliphatic carbocycles. The molecule has 0 aromatic carbocycles. The molecule has 0 aliphatic heterocycles. The third-order valence-electron chi connectivity index (χ3n) is 1.57. The molecule has 16 heavy (non-hydrogen) atoms. The summed E-state index contributed by atoms with van der Waals surface area (Å²) in [4.78, 5) is 27.5. The molecule has 0 rings (SSSR count). The van der Waals surface area contributed by atoms with E-state index >= 15 is 0 Å². The molecule has 3 unspecified atom stereocenters. The molecule has 0 amide bonds. The van der Waals surface area contributed by atoms with Gasteiger partial charge >= 0.3 is 7.82 Å². The molecule has 0 saturated carbocycles. The summed E-state index contributed by atoms with van der Waals surface area (Å²) in [6, 6.07) is 0. The summed E-state index contributed by atoms with van der Waals surface area (Å²) < 4.78 is 14.1. The van der Waals surface area contributed by atoms with Crippen LogP contribution >= 0.6 is 7.82 Å². The molecule has 0 radical (unpaired) electrons. The fourth-order valence-corrected chi connectivity index (χ4v) is 1.09. The van der Waals surface area contributed by atoms with Gasteiger partial charge in [-0.1, -0.05) is 0 Å². The highest BCUT2D eigenvalue weighted by Gasteiger charge is 2.30. The Hall–Kier alpha value is -0.380. The van der Waals surface area contributed by atoms with Crippen molar-refractivity contribution in [2.45, 2.75) is 18.3 Å². The summed E-state index contributed by atoms with van der Waals surface area (Å²) in [6.45, 7) is -1.93. The first-order valence-corrected chi connectivity index (χ1v) is 5.61. The molecule has 0 heterocycles. The number of aliphatic hydroxyl groups is 4. The lowest BCUT2D eigenvalue weighted by Crippen LogP contribution is -2.43. The first-order chi connectivity index (χ1) is 7.19. The Balaban J connectivity index is 4.23. The SMILES string of the molecule is O=C(C(O)CO)C(O)C(O)COP(=O)(O)O. The van der Waals surface area contributed by atoms with Crippen LogP contribution in [-0.2, 0) is 13.9 Å². The van der Waals surface area contributed by atoms with Crippen molar-refractivity contribution in [3.63, 3.8) is 0 Å². The van der Waals surface area contributed by atoms with E-state index in [2.05, 4.69) is 4.52 Å². The van der Waals surface area contributed by atoms with Gasteiger partial charge < -0.3 is 30.2 Å². The van der Waals surface area contributed by atoms with Gasteiger partial charge in [0.15, 0.2) is 5.78 Å². The molecule has 0 aromatic rings. The van der Waals surface area contributed by atoms with Crippen LogP contribution in [0.1, 0.15) is 0 Å². The lowest BCUT2D eigenvalue weighted by Gasteiger charge is -2.18. The minimum Gasteiger partial charge on any atom is -0.393 e. The molecular weight excluding hydrogens is 247 g/mol. The van der Waals surface area contributed by atoms with Crippen LogP contribution in [0.2, 0.25) is 0 Å². The predicted molar refractivity (Wildman–Crippen MR) is 48.1 cm³/mol. The Morgan fingerprint density at radius 1 is 1.25 bits per heavy atom. The van der Waals surface area contributed by atoms with Crippen LogP contribution in [0.3, 0.4) is 0 Å². The molecule has 6 N–H and O–H groups in total. The molecular formula is C6H13O9P. The second-order valence-corrected chi connectivity index (χ2v) is 4.14. The summed E-state index contributed by atoms with van der Waals surface area (Å²) >= 11 is 0. The average Bonchev–Trinajstić information content (AvgIpc) is 2.21. The summed E-state index contributed by atoms with van der Waals surface area (Å²) in [5, 5.41) is 35.3. The molecule has 0 aliphatic rings. The monoisotopic (exact) mass is 260 g/mol. The van der Waals surface area contributed by atoms with Crippen molar-refractivity contribution in [3.8, 4) is 0 Å². The third kappa shape index (κ3) is 5.64. The van der Waals surface area contributed by atoms with Gasteiger partial charge in [0.1, 0.15) is 18.3 Å². The highest BCUT2D eigenvalue weighted by atomic mass is 31.2. The lowest BCUT2D eigenvalue weighted by atomic mass is 10.1. The Bertz CT molecular complexity index is 273. The van der Waals surface area contributed by atoms with E-state index < -0.39 is 45.1 Å². The molecule has 0 fully saturated rings. The molecule has 0 bridgehead atoms. The first kappa shape index (κ1) is 15.6. The maximum atomic E-state index is 11.0. The predicted octanol–water partition coefficient (Wildman–Crippen LogP) is -3.26. The average molecular weight is 260 g/mol. The number of hydrogen-bond donors (Lipinski definition) is 6. The van der Waals surface area contributed by atoms with Crippen molar-refractivity contribution in [2.75, 3.05) is 13.2 Å². The zero-order valence-electron chi connectivity index (χ0n) is 8.00. The van der Waals surface area contributed by atoms with Crippen LogP contribution < -0.4 is 0 Å². The first-order valence-electron chi connectivity index (χ1n) is 4.08. The molecule has 0 aromatic heterocycles. The highest BCUT2D eigenvalue weighted by Crippen LogP contribution is 2.35. The number of ketones is 1. The number of phosphoric acid groups is 1. The smallest absolute Gasteiger partial charge is 0.393 e. The van der Waals surface area contributed by atoms with Crippen LogP contribution in [0.5, 0.6) is 0 Å². The normalized spacial score (nSPS) is 17.9. The van der Waals surface area contributed by atoms with Crippen molar-refractivity contribution in [2.24, 2.45) is 0 Å². The van der Waals surface area contributed by atoms with Gasteiger partial charge in [-0.2, -0.15) is 0 Å². The van der Waals surface area contributed by atoms with Crippen LogP contribution in [0.4, 0.5) is 0 Å². The molecule has 9 nitrogen and oxygen atoms in total. The van der Waals surface area contributed by atoms with Crippen molar-refractivity contribution >= 4 is 13.6 Å². The van der Waals surface area contributed by atoms with Gasteiger partial charge in [0.2, 0.25) is 0 Å². The Morgan fingerprint density at radius 3 is 2.12 bits per heavy atom. The van der Waals surface area contributed by atoms with Gasteiger partial charge in [0.25, 0.3) is 0 Å². The zero-order valence-corrected chi connectivity index (χ0v) is 8.90. The van der Waals surface area contributed by atoms with E-state index in [9.17, 15) is 9.36 Å². The van der Waals surface area contributed by atoms with Gasteiger partial charge in [-0.05, 0) is 0 Å². The van der Waals surface area contributed by atoms with Gasteiger partial charge in [0.05, 0.1) is 13.2 Å². The number of aliphatic hydroxyl groups excluding tert-OH is 4. The van der Waals surface area contributed by atoms with Gasteiger partial charge in [0, 0.05) is 0 Å². The van der Waals surface area contributed by atoms with Gasteiger partial charge in [-0.25, -0.2) is 4.57 Å². The molecule has 0 spiro atoms. The largest absolute Gasteiger partial charge is 0.469 e. The minimum atomic E-state index is -4.81. The number of carbonyl (C=O) groups excluding carboxylic acids is 1. The van der Waals surface area contributed by atoms with Crippen molar-refractivity contribution in [1.82, 2.24) is 0 Å². The second-order valence-electron chi connectivity index (χ2n) is 2.90. The summed E-state index contributed by atoms with van der Waals surface area (Å²) in [6.07, 6.45) is -5.89. The maximum absolute atomic E-state index is 11.0. The standard InChI is InChI=1S/C6H13O9P/c7-1-3(8)5(10)6(11)4(9)2-15-16(12,13)14/h3-4,6-9,11H,1-2H2,(H2,12,13,14). The fraction of sp³-hybridized carbons (Fsp3) is 0.833. The number of hydrogen-bond acceptors (Lipinski definition) is 7. The maximum Gasteiger partial charge on any atom is 0.469 e. The number of Topliss-reactive ketones (excluding diaryl/α,β-unsaturated/α-hetero) is 1. The summed E-state index contributed by atoms with van der Waals surface area (Å²) in [7, 11) is -4.81. The number of carbonyl (C=O) groups is 1. The summed E-state index contributed by atoms with van der Waals surface area (Å²) in [5.74, 6) is -1.27. The van der Waals surface area contributed by atoms with E-state index in [-0.39, 0.29) is 0 Å². The lowest BCUT2D eigenvalue weighted by molar-refractivity contribution is -0.144. The van der Waals surface area contributed by atoms with Crippen LogP contribution in [0, 0.1) is 0 Å². The summed E-state index contributed by atoms with van der Waals surface area (Å²) in [5.41, 5.74) is 0. The van der Waals surface area contributed by atoms with Crippen LogP contribution in [-0.4, -0.2) is 67.5 Å². The molecule has 0 saturated heterocycles. The van der Waals surface area contributed by atoms with Crippen LogP contribution in [0.25, 0.3) is 0 Å². The minimum absolute atomic E-state index is 0.942. The zero-order chi connectivity index (χ0) is 12.9. The van der Waals surface area contributed by atoms with Crippen molar-refractivity contribution < 1.29 is 44.1 Å². The van der Waals surface area contributed by atoms with E-state index in [1.807, 2.05) is 0 Å². The van der Waals surface area contributed by atoms with Crippen molar-refractivity contribution in [1.29, 1.82) is 0 Å². The highest BCUT2D eigenvalue weighted by molar-refractivity contribution is 7.46. The Morgan fingerprint density at radius 2 is 1.75 bits per heavy atom. The third-order valence-corrected chi connectivity index (χ3v) is 2.06. The number of phosphoric ester groups is 1. The van der Waals surface area contributed by atoms with Gasteiger partial charge in [-0.3, -0.25) is 9.32 Å². The van der Waals surface area contributed by atoms with E-state index in [4.69, 9.17) is 30.2 Å². The quantitative estimate of drug-likeness (QED) is 0.258. The Kier molecular flexibility index (Phi) is 6.23. The fourth-order valence-electron chi connectivity index (χ4n) is 0.741. The number of rotatable bonds is 7. The molecule has 3 atom stereocenters. The van der Waals surface area contributed by atoms with Crippen molar-refractivity contribution in [3.05, 3.63) is 0 Å².